The summed E-state index contributed by atoms with van der Waals surface area (Å²) in [6, 6.07) is 12.5. The van der Waals surface area contributed by atoms with E-state index in [-0.39, 0.29) is 49.0 Å². The van der Waals surface area contributed by atoms with Crippen LogP contribution in [-0.2, 0) is 36.1 Å². The molecule has 226 valence electrons. The van der Waals surface area contributed by atoms with Crippen LogP contribution in [0.3, 0.4) is 0 Å². The summed E-state index contributed by atoms with van der Waals surface area (Å²) in [5, 5.41) is 4.54. The first-order chi connectivity index (χ1) is 17.9. The van der Waals surface area contributed by atoms with Gasteiger partial charge in [-0.05, 0) is 83.4 Å². The molecule has 0 bridgehead atoms. The molecule has 0 radical (unpaired) electrons. The summed E-state index contributed by atoms with van der Waals surface area (Å²) >= 11 is 0. The van der Waals surface area contributed by atoms with Gasteiger partial charge in [-0.3, -0.25) is 24.2 Å². The van der Waals surface area contributed by atoms with E-state index in [0.29, 0.717) is 13.1 Å². The van der Waals surface area contributed by atoms with Gasteiger partial charge in [0.1, 0.15) is 5.41 Å². The summed E-state index contributed by atoms with van der Waals surface area (Å²) < 4.78 is 1.94. The third-order valence-corrected chi connectivity index (χ3v) is 7.55. The van der Waals surface area contributed by atoms with Crippen LogP contribution in [-0.4, -0.2) is 51.6 Å². The lowest BCUT2D eigenvalue weighted by atomic mass is 9.90. The van der Waals surface area contributed by atoms with Crippen LogP contribution in [0.4, 0.5) is 11.4 Å². The number of aromatic nitrogens is 3. The molecule has 1 aliphatic rings. The molecule has 1 aromatic carbocycles. The Hall–Kier alpha value is -2.65. The molecule has 0 saturated carbocycles. The molecule has 2 amide bonds. The van der Waals surface area contributed by atoms with Gasteiger partial charge in [0.2, 0.25) is 11.8 Å². The number of carbonyl (C=O) groups excluding carboxylic acids is 2. The number of carbonyl (C=O) groups is 2. The fraction of sp³-hybridized carbons (Fsp3) is 0.467. The van der Waals surface area contributed by atoms with Crippen molar-refractivity contribution in [2.45, 2.75) is 61.1 Å². The molecule has 0 saturated heterocycles. The topological polar surface area (TPSA) is 74.6 Å². The molecule has 0 unspecified atom stereocenters. The van der Waals surface area contributed by atoms with Crippen molar-refractivity contribution in [1.82, 2.24) is 19.7 Å². The van der Waals surface area contributed by atoms with Gasteiger partial charge in [-0.25, -0.2) is 0 Å². The van der Waals surface area contributed by atoms with Gasteiger partial charge in [-0.2, -0.15) is 5.10 Å². The van der Waals surface area contributed by atoms with Crippen LogP contribution in [0.2, 0.25) is 0 Å². The minimum absolute atomic E-state index is 0. The van der Waals surface area contributed by atoms with Crippen molar-refractivity contribution < 1.29 is 9.59 Å². The predicted octanol–water partition coefficient (Wildman–Crippen LogP) is 5.61. The van der Waals surface area contributed by atoms with E-state index in [1.165, 1.54) is 5.56 Å². The number of hydrogen-bond acceptors (Lipinski definition) is 5. The third kappa shape index (κ3) is 7.60. The molecule has 41 heavy (non-hydrogen) atoms. The Balaban J connectivity index is 0.00000280. The van der Waals surface area contributed by atoms with E-state index >= 15 is 0 Å². The molecule has 0 N–H and O–H groups in total. The number of rotatable bonds is 8. The van der Waals surface area contributed by atoms with Gasteiger partial charge in [0.05, 0.1) is 22.8 Å². The molecular weight excluding hydrogens is 583 g/mol. The summed E-state index contributed by atoms with van der Waals surface area (Å²) in [7, 11) is 3.75. The highest BCUT2D eigenvalue weighted by atomic mass is 35.5. The number of fused-ring (bicyclic) bond motifs is 1. The summed E-state index contributed by atoms with van der Waals surface area (Å²) in [4.78, 5) is 36.9. The van der Waals surface area contributed by atoms with E-state index in [1.807, 2.05) is 38.6 Å². The van der Waals surface area contributed by atoms with Gasteiger partial charge in [-0.1, -0.05) is 12.1 Å². The number of hydrogen-bond donors (Lipinski definition) is 0. The first-order valence-corrected chi connectivity index (χ1v) is 13.3. The number of anilines is 2. The molecule has 0 fully saturated rings. The Kier molecular flexibility index (Phi) is 12.9. The summed E-state index contributed by atoms with van der Waals surface area (Å²) in [5.41, 5.74) is 7.00. The van der Waals surface area contributed by atoms with Gasteiger partial charge in [0.25, 0.3) is 0 Å². The summed E-state index contributed by atoms with van der Waals surface area (Å²) in [6.07, 6.45) is 0.881. The third-order valence-electron chi connectivity index (χ3n) is 7.55. The SMILES string of the molecule is CCN1C(=O)C(C)(C)C(=O)N(C)c2cc(CN(CCc3ccc(C)nc3C)Cc3cc(C)nn3C)ccc21.Cl.Cl.Cl. The van der Waals surface area contributed by atoms with E-state index in [9.17, 15) is 9.59 Å². The molecule has 0 aliphatic carbocycles. The van der Waals surface area contributed by atoms with Crippen molar-refractivity contribution in [2.75, 3.05) is 29.9 Å². The molecule has 0 atom stereocenters. The van der Waals surface area contributed by atoms with Crippen LogP contribution in [0, 0.1) is 26.2 Å². The first kappa shape index (κ1) is 36.4. The van der Waals surface area contributed by atoms with Crippen LogP contribution in [0.25, 0.3) is 0 Å². The molecule has 1 aliphatic heterocycles. The quantitative estimate of drug-likeness (QED) is 0.305. The smallest absolute Gasteiger partial charge is 0.242 e. The summed E-state index contributed by atoms with van der Waals surface area (Å²) in [6.45, 7) is 14.3. The second-order valence-electron chi connectivity index (χ2n) is 10.9. The van der Waals surface area contributed by atoms with Crippen molar-refractivity contribution >= 4 is 60.4 Å². The monoisotopic (exact) mass is 624 g/mol. The van der Waals surface area contributed by atoms with Crippen LogP contribution in [0.1, 0.15) is 54.7 Å². The van der Waals surface area contributed by atoms with Crippen LogP contribution >= 0.6 is 37.2 Å². The van der Waals surface area contributed by atoms with Gasteiger partial charge in [0.15, 0.2) is 0 Å². The van der Waals surface area contributed by atoms with Crippen LogP contribution in [0.15, 0.2) is 36.4 Å². The van der Waals surface area contributed by atoms with Gasteiger partial charge >= 0.3 is 0 Å². The van der Waals surface area contributed by atoms with Gasteiger partial charge < -0.3 is 9.80 Å². The number of amides is 2. The maximum atomic E-state index is 13.3. The minimum Gasteiger partial charge on any atom is -0.313 e. The Morgan fingerprint density at radius 1 is 0.854 bits per heavy atom. The zero-order chi connectivity index (χ0) is 27.8. The maximum Gasteiger partial charge on any atom is 0.242 e. The van der Waals surface area contributed by atoms with Crippen molar-refractivity contribution in [2.24, 2.45) is 12.5 Å². The highest BCUT2D eigenvalue weighted by Crippen LogP contribution is 2.39. The Labute approximate surface area is 262 Å². The van der Waals surface area contributed by atoms with Gasteiger partial charge in [0, 0.05) is 51.7 Å². The molecule has 4 rings (SSSR count). The van der Waals surface area contributed by atoms with Crippen molar-refractivity contribution in [3.63, 3.8) is 0 Å². The minimum atomic E-state index is -1.12. The predicted molar refractivity (Wildman–Crippen MR) is 173 cm³/mol. The average Bonchev–Trinajstić information content (AvgIpc) is 3.17. The Bertz CT molecular complexity index is 1370. The fourth-order valence-corrected chi connectivity index (χ4v) is 5.32. The maximum absolute atomic E-state index is 13.3. The van der Waals surface area contributed by atoms with Crippen LogP contribution < -0.4 is 9.80 Å². The number of benzene rings is 1. The first-order valence-electron chi connectivity index (χ1n) is 13.3. The number of aryl methyl sites for hydroxylation is 4. The van der Waals surface area contributed by atoms with Crippen molar-refractivity contribution in [3.8, 4) is 0 Å². The zero-order valence-corrected chi connectivity index (χ0v) is 27.7. The lowest BCUT2D eigenvalue weighted by Gasteiger charge is -2.27. The normalized spacial score (nSPS) is 14.2. The molecule has 3 aromatic rings. The fourth-order valence-electron chi connectivity index (χ4n) is 5.32. The largest absolute Gasteiger partial charge is 0.313 e. The summed E-state index contributed by atoms with van der Waals surface area (Å²) in [5.74, 6) is -0.361. The highest BCUT2D eigenvalue weighted by molar-refractivity contribution is 6.19. The van der Waals surface area contributed by atoms with E-state index in [2.05, 4.69) is 52.2 Å². The highest BCUT2D eigenvalue weighted by Gasteiger charge is 2.45. The molecule has 2 aromatic heterocycles. The van der Waals surface area contributed by atoms with E-state index in [4.69, 9.17) is 0 Å². The lowest BCUT2D eigenvalue weighted by molar-refractivity contribution is -0.137. The van der Waals surface area contributed by atoms with Crippen LogP contribution in [0.5, 0.6) is 0 Å². The van der Waals surface area contributed by atoms with E-state index in [0.717, 1.165) is 59.2 Å². The Morgan fingerprint density at radius 3 is 2.12 bits per heavy atom. The Morgan fingerprint density at radius 2 is 1.54 bits per heavy atom. The molecule has 8 nitrogen and oxygen atoms in total. The second-order valence-corrected chi connectivity index (χ2v) is 10.9. The number of halogens is 3. The van der Waals surface area contributed by atoms with E-state index in [1.54, 1.807) is 30.7 Å². The standard InChI is InChI=1S/C30H40N6O2.3ClH/c1-9-36-26-13-11-23(17-27(26)33(7)28(37)30(5,6)29(36)38)18-35(19-25-16-21(3)32-34(25)8)15-14-24-12-10-20(2)31-22(24)4;;;/h10-13,16-17H,9,14-15,18-19H2,1-8H3;3*1H. The molecule has 3 heterocycles. The number of nitrogens with zero attached hydrogens (tertiary/aromatic N) is 6. The van der Waals surface area contributed by atoms with Gasteiger partial charge in [-0.15, -0.1) is 37.2 Å². The molecule has 0 spiro atoms. The number of pyridine rings is 1. The molecular formula is C30H43Cl3N6O2. The van der Waals surface area contributed by atoms with Crippen molar-refractivity contribution in [3.05, 3.63) is 70.3 Å². The second kappa shape index (κ2) is 14.5. The molecule has 11 heteroatoms. The lowest BCUT2D eigenvalue weighted by Crippen LogP contribution is -2.47. The zero-order valence-electron chi connectivity index (χ0n) is 25.2. The average molecular weight is 626 g/mol. The van der Waals surface area contributed by atoms with E-state index < -0.39 is 5.41 Å². The van der Waals surface area contributed by atoms with Crippen molar-refractivity contribution in [1.29, 1.82) is 0 Å².